The maximum atomic E-state index is 13.3. The topological polar surface area (TPSA) is 228 Å². The van der Waals surface area contributed by atoms with Gasteiger partial charge in [0.15, 0.2) is 12.6 Å². The van der Waals surface area contributed by atoms with Gasteiger partial charge in [0.05, 0.1) is 32.0 Å². The van der Waals surface area contributed by atoms with E-state index in [1.807, 2.05) is 6.08 Å². The molecule has 2 aliphatic heterocycles. The number of carbonyl (C=O) groups excluding carboxylic acids is 1. The molecule has 2 heterocycles. The van der Waals surface area contributed by atoms with Gasteiger partial charge in [-0.05, 0) is 64.2 Å². The van der Waals surface area contributed by atoms with Crippen molar-refractivity contribution < 1.29 is 64.6 Å². The smallest absolute Gasteiger partial charge is 0.220 e. The monoisotopic (exact) mass is 1290 g/mol. The fourth-order valence-corrected chi connectivity index (χ4v) is 12.6. The number of unbranched alkanes of at least 4 members (excludes halogenated alkanes) is 45. The summed E-state index contributed by atoms with van der Waals surface area (Å²) in [5.41, 5.74) is 0. The molecule has 0 radical (unpaired) electrons. The van der Waals surface area contributed by atoms with E-state index in [0.717, 1.165) is 38.5 Å². The molecule has 2 saturated heterocycles. The lowest BCUT2D eigenvalue weighted by atomic mass is 9.97. The molecular formula is C77H143NO13. The highest BCUT2D eigenvalue weighted by Crippen LogP contribution is 2.30. The Kier molecular flexibility index (Phi) is 57.5. The fraction of sp³-hybridized carbons (Fsp3) is 0.883. The fourth-order valence-electron chi connectivity index (χ4n) is 12.6. The quantitative estimate of drug-likeness (QED) is 0.0204. The van der Waals surface area contributed by atoms with Crippen LogP contribution in [0.5, 0.6) is 0 Å². The van der Waals surface area contributed by atoms with Crippen molar-refractivity contribution in [2.24, 2.45) is 0 Å². The molecule has 534 valence electrons. The zero-order valence-corrected chi connectivity index (χ0v) is 58.3. The van der Waals surface area contributed by atoms with Gasteiger partial charge in [-0.2, -0.15) is 0 Å². The number of allylic oxidation sites excluding steroid dienone is 7. The van der Waals surface area contributed by atoms with Gasteiger partial charge in [0.25, 0.3) is 0 Å². The molecule has 0 saturated carbocycles. The first kappa shape index (κ1) is 85.0. The molecule has 0 spiro atoms. The van der Waals surface area contributed by atoms with E-state index in [-0.39, 0.29) is 18.9 Å². The van der Waals surface area contributed by atoms with Gasteiger partial charge in [0, 0.05) is 6.42 Å². The predicted octanol–water partition coefficient (Wildman–Crippen LogP) is 16.6. The number of amides is 1. The number of hydrogen-bond donors (Lipinski definition) is 9. The molecule has 1 amide bonds. The minimum Gasteiger partial charge on any atom is -0.394 e. The van der Waals surface area contributed by atoms with Gasteiger partial charge in [-0.15, -0.1) is 0 Å². The first-order valence-electron chi connectivity index (χ1n) is 38.4. The van der Waals surface area contributed by atoms with Gasteiger partial charge in [-0.1, -0.05) is 319 Å². The Morgan fingerprint density at radius 1 is 0.396 bits per heavy atom. The minimum atomic E-state index is -1.79. The van der Waals surface area contributed by atoms with Crippen molar-refractivity contribution in [3.05, 3.63) is 48.6 Å². The van der Waals surface area contributed by atoms with E-state index in [1.54, 1.807) is 6.08 Å². The maximum Gasteiger partial charge on any atom is 0.220 e. The Balaban J connectivity index is 1.57. The van der Waals surface area contributed by atoms with Crippen LogP contribution in [0.3, 0.4) is 0 Å². The standard InChI is InChI=1S/C77H143NO13/c1-3-5-7-9-11-13-15-17-19-21-23-24-25-26-27-28-29-30-31-32-33-34-35-36-37-38-39-40-41-42-43-45-47-49-51-53-55-57-59-61-69(82)78-65(66(81)60-58-56-54-52-50-48-46-44-22-20-18-16-14-12-10-8-6-4-2)64-88-76-74(87)72(85)75(68(63-80)90-76)91-77-73(86)71(84)70(83)67(62-79)89-77/h15,17,21,23,50,52,58,60,65-68,70-77,79-81,83-87H,3-14,16,18-20,22,24-49,51,53-57,59,61-64H2,1-2H3,(H,78,82)/b17-15-,23-21-,52-50+,60-58+. The van der Waals surface area contributed by atoms with Crippen LogP contribution in [0.2, 0.25) is 0 Å². The van der Waals surface area contributed by atoms with E-state index >= 15 is 0 Å². The molecule has 2 fully saturated rings. The third-order valence-electron chi connectivity index (χ3n) is 18.7. The second kappa shape index (κ2) is 61.5. The Morgan fingerprint density at radius 2 is 0.736 bits per heavy atom. The molecule has 0 aromatic rings. The van der Waals surface area contributed by atoms with Crippen molar-refractivity contribution in [3.8, 4) is 0 Å². The lowest BCUT2D eigenvalue weighted by Gasteiger charge is -2.46. The lowest BCUT2D eigenvalue weighted by Crippen LogP contribution is -2.65. The number of hydrogen-bond acceptors (Lipinski definition) is 13. The Bertz CT molecular complexity index is 1710. The van der Waals surface area contributed by atoms with Crippen LogP contribution < -0.4 is 5.32 Å². The molecule has 0 aliphatic carbocycles. The molecule has 0 aromatic carbocycles. The molecular weight excluding hydrogens is 1150 g/mol. The lowest BCUT2D eigenvalue weighted by molar-refractivity contribution is -0.359. The summed E-state index contributed by atoms with van der Waals surface area (Å²) in [6.45, 7) is 2.81. The van der Waals surface area contributed by atoms with Crippen LogP contribution in [0, 0.1) is 0 Å². The second-order valence-electron chi connectivity index (χ2n) is 27.1. The highest BCUT2D eigenvalue weighted by molar-refractivity contribution is 5.76. The van der Waals surface area contributed by atoms with E-state index in [9.17, 15) is 45.6 Å². The summed E-state index contributed by atoms with van der Waals surface area (Å²) in [5.74, 6) is -0.243. The van der Waals surface area contributed by atoms with Crippen LogP contribution in [0.1, 0.15) is 341 Å². The molecule has 12 atom stereocenters. The summed E-state index contributed by atoms with van der Waals surface area (Å²) < 4.78 is 22.9. The first-order valence-corrected chi connectivity index (χ1v) is 38.4. The molecule has 2 rings (SSSR count). The van der Waals surface area contributed by atoms with Gasteiger partial charge in [-0.25, -0.2) is 0 Å². The van der Waals surface area contributed by atoms with Gasteiger partial charge in [0.1, 0.15) is 48.8 Å². The molecule has 0 aromatic heterocycles. The number of carbonyl (C=O) groups is 1. The predicted molar refractivity (Wildman–Crippen MR) is 374 cm³/mol. The highest BCUT2D eigenvalue weighted by atomic mass is 16.7. The Labute approximate surface area is 556 Å². The van der Waals surface area contributed by atoms with Crippen molar-refractivity contribution >= 4 is 5.91 Å². The molecule has 91 heavy (non-hydrogen) atoms. The summed E-state index contributed by atoms with van der Waals surface area (Å²) in [6.07, 6.45) is 64.9. The SMILES string of the molecule is CCCCCCC/C=C\C/C=C\CCCCCCCCCCCCCCCCCCCCCCCCCCCCCC(=O)NC(COC1OC(CO)C(OC2OC(CO)C(O)C(O)C2O)C(O)C1O)C(O)/C=C/CC/C=C/CCCCCCCCCCCCCC. The second-order valence-corrected chi connectivity index (χ2v) is 27.1. The average Bonchev–Trinajstić information content (AvgIpc) is 1.19. The summed E-state index contributed by atoms with van der Waals surface area (Å²) in [7, 11) is 0. The van der Waals surface area contributed by atoms with Crippen LogP contribution in [0.25, 0.3) is 0 Å². The average molecular weight is 1290 g/mol. The summed E-state index contributed by atoms with van der Waals surface area (Å²) >= 11 is 0. The molecule has 0 bridgehead atoms. The van der Waals surface area contributed by atoms with Crippen LogP contribution in [-0.2, 0) is 23.7 Å². The molecule has 14 nitrogen and oxygen atoms in total. The normalized spacial score (nSPS) is 23.0. The molecule has 12 unspecified atom stereocenters. The van der Waals surface area contributed by atoms with E-state index in [4.69, 9.17) is 18.9 Å². The van der Waals surface area contributed by atoms with Crippen molar-refractivity contribution in [1.82, 2.24) is 5.32 Å². The molecule has 14 heteroatoms. The number of nitrogens with one attached hydrogen (secondary N) is 1. The van der Waals surface area contributed by atoms with Crippen molar-refractivity contribution in [1.29, 1.82) is 0 Å². The summed E-state index contributed by atoms with van der Waals surface area (Å²) in [6, 6.07) is -0.931. The van der Waals surface area contributed by atoms with Crippen molar-refractivity contribution in [2.45, 2.75) is 415 Å². The van der Waals surface area contributed by atoms with Gasteiger partial charge in [-0.3, -0.25) is 4.79 Å². The van der Waals surface area contributed by atoms with Gasteiger partial charge < -0.3 is 65.1 Å². The number of ether oxygens (including phenoxy) is 4. The van der Waals surface area contributed by atoms with Gasteiger partial charge in [0.2, 0.25) is 5.91 Å². The van der Waals surface area contributed by atoms with Crippen LogP contribution in [0.15, 0.2) is 48.6 Å². The van der Waals surface area contributed by atoms with E-state index in [1.165, 1.54) is 270 Å². The number of aliphatic hydroxyl groups is 8. The first-order chi connectivity index (χ1) is 44.6. The van der Waals surface area contributed by atoms with Crippen LogP contribution in [0.4, 0.5) is 0 Å². The highest BCUT2D eigenvalue weighted by Gasteiger charge is 2.51. The van der Waals surface area contributed by atoms with Crippen LogP contribution >= 0.6 is 0 Å². The minimum absolute atomic E-state index is 0.243. The molecule has 9 N–H and O–H groups in total. The zero-order valence-electron chi connectivity index (χ0n) is 58.3. The number of rotatable bonds is 64. The van der Waals surface area contributed by atoms with Gasteiger partial charge >= 0.3 is 0 Å². The molecule has 2 aliphatic rings. The largest absolute Gasteiger partial charge is 0.394 e. The van der Waals surface area contributed by atoms with Crippen LogP contribution in [-0.4, -0.2) is 140 Å². The third kappa shape index (κ3) is 45.2. The van der Waals surface area contributed by atoms with E-state index in [2.05, 4.69) is 55.6 Å². The Hall–Kier alpha value is -2.05. The maximum absolute atomic E-state index is 13.3. The summed E-state index contributed by atoms with van der Waals surface area (Å²) in [5, 5.41) is 87.4. The third-order valence-corrected chi connectivity index (χ3v) is 18.7. The van der Waals surface area contributed by atoms with Crippen molar-refractivity contribution in [2.75, 3.05) is 19.8 Å². The summed E-state index contributed by atoms with van der Waals surface area (Å²) in [4.78, 5) is 13.3. The van der Waals surface area contributed by atoms with Crippen molar-refractivity contribution in [3.63, 3.8) is 0 Å². The number of aliphatic hydroxyl groups excluding tert-OH is 8. The zero-order chi connectivity index (χ0) is 65.9. The van der Waals surface area contributed by atoms with E-state index < -0.39 is 86.8 Å². The Morgan fingerprint density at radius 3 is 1.14 bits per heavy atom. The van der Waals surface area contributed by atoms with E-state index in [0.29, 0.717) is 12.8 Å².